The van der Waals surface area contributed by atoms with Gasteiger partial charge in [-0.15, -0.1) is 0 Å². The molecule has 3 heterocycles. The summed E-state index contributed by atoms with van der Waals surface area (Å²) in [4.78, 5) is 2.45. The fraction of sp³-hybridized carbons (Fsp3) is 0.400. The molecule has 1 aromatic carbocycles. The van der Waals surface area contributed by atoms with Crippen LogP contribution in [0.1, 0.15) is 29.5 Å². The molecular weight excluding hydrogens is 226 g/mol. The van der Waals surface area contributed by atoms with Crippen molar-refractivity contribution in [2.24, 2.45) is 0 Å². The smallest absolute Gasteiger partial charge is 0.381 e. The molecule has 0 spiro atoms. The molecule has 1 radical (unpaired) electrons. The Labute approximate surface area is 106 Å². The number of ether oxygens (including phenoxy) is 1. The van der Waals surface area contributed by atoms with E-state index in [9.17, 15) is 5.11 Å². The van der Waals surface area contributed by atoms with Crippen molar-refractivity contribution in [3.8, 4) is 5.75 Å². The summed E-state index contributed by atoms with van der Waals surface area (Å²) in [6.45, 7) is 2.27. The molecule has 0 atom stereocenters. The molecule has 0 aliphatic carbocycles. The molecule has 0 saturated carbocycles. The van der Waals surface area contributed by atoms with Gasteiger partial charge in [-0.3, -0.25) is 0 Å². The largest absolute Gasteiger partial charge is 0.416 e. The first-order valence-corrected chi connectivity index (χ1v) is 6.58. The minimum absolute atomic E-state index is 0.369. The summed E-state index contributed by atoms with van der Waals surface area (Å²) < 4.78 is 5.39. The third-order valence-corrected chi connectivity index (χ3v) is 4.04. The van der Waals surface area contributed by atoms with Crippen LogP contribution in [-0.2, 0) is 17.9 Å². The number of hydrogen-bond donors (Lipinski definition) is 0. The topological polar surface area (TPSA) is 32.4 Å². The van der Waals surface area contributed by atoms with Crippen LogP contribution in [0.25, 0.3) is 6.08 Å². The van der Waals surface area contributed by atoms with Crippen LogP contribution in [0.2, 0.25) is 0 Å². The molecule has 3 heteroatoms. The lowest BCUT2D eigenvalue weighted by atomic mass is 9.89. The second-order valence-corrected chi connectivity index (χ2v) is 5.15. The van der Waals surface area contributed by atoms with Crippen LogP contribution in [0, 0.1) is 0 Å². The van der Waals surface area contributed by atoms with Crippen molar-refractivity contribution in [2.75, 3.05) is 18.0 Å². The number of benzene rings is 1. The quantitative estimate of drug-likeness (QED) is 0.653. The van der Waals surface area contributed by atoms with Crippen molar-refractivity contribution in [1.29, 1.82) is 0 Å². The second kappa shape index (κ2) is 3.56. The van der Waals surface area contributed by atoms with E-state index in [1.165, 1.54) is 23.2 Å². The van der Waals surface area contributed by atoms with E-state index in [0.717, 1.165) is 43.7 Å². The summed E-state index contributed by atoms with van der Waals surface area (Å²) >= 11 is 0. The van der Waals surface area contributed by atoms with Crippen LogP contribution in [0.4, 0.5) is 5.69 Å². The molecule has 3 aliphatic heterocycles. The van der Waals surface area contributed by atoms with Gasteiger partial charge in [-0.25, -0.2) is 5.11 Å². The Balaban J connectivity index is 1.99. The highest BCUT2D eigenvalue weighted by Gasteiger charge is 2.29. The van der Waals surface area contributed by atoms with Crippen molar-refractivity contribution in [1.82, 2.24) is 0 Å². The Kier molecular flexibility index (Phi) is 2.00. The van der Waals surface area contributed by atoms with E-state index < -0.39 is 0 Å². The third-order valence-electron chi connectivity index (χ3n) is 4.04. The zero-order chi connectivity index (χ0) is 12.1. The van der Waals surface area contributed by atoms with Crippen LogP contribution < -0.4 is 9.64 Å². The van der Waals surface area contributed by atoms with Crippen LogP contribution in [0.3, 0.4) is 0 Å². The number of fused-ring (bicyclic) bond motifs is 2. The van der Waals surface area contributed by atoms with Crippen molar-refractivity contribution in [3.05, 3.63) is 34.4 Å². The highest BCUT2D eigenvalue weighted by molar-refractivity contribution is 5.75. The van der Waals surface area contributed by atoms with Gasteiger partial charge in [0.25, 0.3) is 0 Å². The summed E-state index contributed by atoms with van der Waals surface area (Å²) in [5, 5.41) is 11.4. The van der Waals surface area contributed by atoms with E-state index in [1.54, 1.807) is 6.08 Å². The minimum Gasteiger partial charge on any atom is -0.416 e. The lowest BCUT2D eigenvalue weighted by molar-refractivity contribution is 0.143. The number of nitrogens with zero attached hydrogens (tertiary/aromatic N) is 1. The van der Waals surface area contributed by atoms with Crippen molar-refractivity contribution >= 4 is 11.8 Å². The van der Waals surface area contributed by atoms with Crippen molar-refractivity contribution in [2.45, 2.75) is 25.7 Å². The van der Waals surface area contributed by atoms with E-state index in [0.29, 0.717) is 0 Å². The fourth-order valence-electron chi connectivity index (χ4n) is 3.34. The van der Waals surface area contributed by atoms with Gasteiger partial charge in [-0.1, -0.05) is 0 Å². The van der Waals surface area contributed by atoms with Gasteiger partial charge in [0, 0.05) is 29.9 Å². The number of hydrogen-bond acceptors (Lipinski definition) is 2. The average Bonchev–Trinajstić information content (AvgIpc) is 2.40. The highest BCUT2D eigenvalue weighted by atomic mass is 16.6. The Morgan fingerprint density at radius 1 is 1.22 bits per heavy atom. The molecule has 1 aromatic rings. The SMILES string of the molecule is [O]C1=C=Cc2cc3c4c(c2O1)CCCN4CCC3. The standard InChI is InChI=1S/C15H14NO2/c17-13-6-5-11-9-10-3-1-7-16-8-2-4-12(14(10)16)15(11)18-13/h5,9H,1-4,7-8H2. The summed E-state index contributed by atoms with van der Waals surface area (Å²) in [5.74, 6) is 0.413. The van der Waals surface area contributed by atoms with Crippen molar-refractivity contribution in [3.63, 3.8) is 0 Å². The maximum Gasteiger partial charge on any atom is 0.381 e. The van der Waals surface area contributed by atoms with Gasteiger partial charge in [-0.05, 0) is 49.1 Å². The first-order chi connectivity index (χ1) is 8.83. The number of rotatable bonds is 0. The van der Waals surface area contributed by atoms with E-state index in [-0.39, 0.29) is 5.95 Å². The minimum atomic E-state index is -0.369. The van der Waals surface area contributed by atoms with Gasteiger partial charge in [-0.2, -0.15) is 0 Å². The van der Waals surface area contributed by atoms with Gasteiger partial charge in [0.15, 0.2) is 0 Å². The molecule has 91 valence electrons. The van der Waals surface area contributed by atoms with E-state index >= 15 is 0 Å². The molecule has 3 aliphatic rings. The van der Waals surface area contributed by atoms with Gasteiger partial charge in [0.1, 0.15) is 5.75 Å². The van der Waals surface area contributed by atoms with E-state index in [1.807, 2.05) is 0 Å². The Bertz CT molecular complexity index is 595. The molecule has 0 amide bonds. The average molecular weight is 240 g/mol. The summed E-state index contributed by atoms with van der Waals surface area (Å²) in [7, 11) is 0. The van der Waals surface area contributed by atoms with Crippen LogP contribution in [0.15, 0.2) is 17.7 Å². The first kappa shape index (κ1) is 10.1. The molecule has 0 N–H and O–H groups in total. The molecular formula is C15H14NO2. The molecule has 18 heavy (non-hydrogen) atoms. The molecule has 0 unspecified atom stereocenters. The third kappa shape index (κ3) is 1.31. The predicted octanol–water partition coefficient (Wildman–Crippen LogP) is 2.66. The van der Waals surface area contributed by atoms with Gasteiger partial charge in [0.2, 0.25) is 0 Å². The molecule has 4 rings (SSSR count). The molecule has 0 fully saturated rings. The maximum atomic E-state index is 11.4. The fourth-order valence-corrected chi connectivity index (χ4v) is 3.34. The maximum absolute atomic E-state index is 11.4. The lowest BCUT2D eigenvalue weighted by Crippen LogP contribution is -2.34. The van der Waals surface area contributed by atoms with Crippen molar-refractivity contribution < 1.29 is 9.84 Å². The second-order valence-electron chi connectivity index (χ2n) is 5.15. The lowest BCUT2D eigenvalue weighted by Gasteiger charge is -2.38. The Morgan fingerprint density at radius 2 is 2.06 bits per heavy atom. The normalized spacial score (nSPS) is 19.8. The van der Waals surface area contributed by atoms with Crippen LogP contribution in [-0.4, -0.2) is 13.1 Å². The summed E-state index contributed by atoms with van der Waals surface area (Å²) in [6, 6.07) is 2.17. The molecule has 3 nitrogen and oxygen atoms in total. The molecule has 0 bridgehead atoms. The Morgan fingerprint density at radius 3 is 2.94 bits per heavy atom. The number of aryl methyl sites for hydroxylation is 1. The van der Waals surface area contributed by atoms with E-state index in [4.69, 9.17) is 4.74 Å². The van der Waals surface area contributed by atoms with Gasteiger partial charge < -0.3 is 9.64 Å². The zero-order valence-corrected chi connectivity index (χ0v) is 10.2. The monoisotopic (exact) mass is 240 g/mol. The Hall–Kier alpha value is -1.86. The van der Waals surface area contributed by atoms with E-state index in [2.05, 4.69) is 16.7 Å². The highest BCUT2D eigenvalue weighted by Crippen LogP contribution is 2.44. The predicted molar refractivity (Wildman–Crippen MR) is 68.1 cm³/mol. The first-order valence-electron chi connectivity index (χ1n) is 6.58. The van der Waals surface area contributed by atoms with Gasteiger partial charge in [0.05, 0.1) is 0 Å². The van der Waals surface area contributed by atoms with Crippen LogP contribution >= 0.6 is 0 Å². The van der Waals surface area contributed by atoms with Crippen LogP contribution in [0.5, 0.6) is 5.75 Å². The zero-order valence-electron chi connectivity index (χ0n) is 10.2. The number of anilines is 1. The molecule has 0 aromatic heterocycles. The summed E-state index contributed by atoms with van der Waals surface area (Å²) in [6.07, 6.45) is 6.29. The summed E-state index contributed by atoms with van der Waals surface area (Å²) in [5.41, 5.74) is 7.63. The molecule has 0 saturated heterocycles. The van der Waals surface area contributed by atoms with Gasteiger partial charge >= 0.3 is 5.95 Å².